The van der Waals surface area contributed by atoms with Crippen LogP contribution in [0.4, 0.5) is 0 Å². The highest BCUT2D eigenvalue weighted by Gasteiger charge is 2.15. The lowest BCUT2D eigenvalue weighted by molar-refractivity contribution is -0.120. The molecule has 0 saturated carbocycles. The van der Waals surface area contributed by atoms with Crippen LogP contribution in [0.15, 0.2) is 51.6 Å². The van der Waals surface area contributed by atoms with Crippen molar-refractivity contribution < 1.29 is 14.0 Å². The summed E-state index contributed by atoms with van der Waals surface area (Å²) in [5.74, 6) is -0.485. The van der Waals surface area contributed by atoms with Crippen molar-refractivity contribution in [3.05, 3.63) is 58.5 Å². The van der Waals surface area contributed by atoms with Crippen LogP contribution < -0.4 is 10.6 Å². The van der Waals surface area contributed by atoms with Gasteiger partial charge in [0, 0.05) is 0 Å². The largest absolute Gasteiger partial charge is 0.444 e. The average molecular weight is 379 g/mol. The van der Waals surface area contributed by atoms with Crippen molar-refractivity contribution >= 4 is 27.7 Å². The van der Waals surface area contributed by atoms with Crippen molar-refractivity contribution in [3.8, 4) is 0 Å². The standard InChI is InChI=1S/C17H19BrN2O3/c1-2-6-13(12-7-4-3-5-8-12)20-16(21)11-19-17(22)14-9-10-15(18)23-14/h3-5,7-10,13H,2,6,11H2,1H3,(H,19,22)(H,20,21). The number of furan rings is 1. The van der Waals surface area contributed by atoms with Crippen molar-refractivity contribution in [1.82, 2.24) is 10.6 Å². The maximum atomic E-state index is 12.1. The third kappa shape index (κ3) is 5.25. The highest BCUT2D eigenvalue weighted by Crippen LogP contribution is 2.18. The molecular weight excluding hydrogens is 360 g/mol. The summed E-state index contributed by atoms with van der Waals surface area (Å²) in [6, 6.07) is 12.9. The molecule has 1 unspecified atom stereocenters. The van der Waals surface area contributed by atoms with E-state index >= 15 is 0 Å². The van der Waals surface area contributed by atoms with Gasteiger partial charge in [0.15, 0.2) is 10.4 Å². The summed E-state index contributed by atoms with van der Waals surface area (Å²) in [7, 11) is 0. The summed E-state index contributed by atoms with van der Waals surface area (Å²) in [4.78, 5) is 23.9. The molecule has 0 saturated heterocycles. The van der Waals surface area contributed by atoms with E-state index in [0.717, 1.165) is 18.4 Å². The molecule has 0 aliphatic carbocycles. The Morgan fingerprint density at radius 1 is 1.17 bits per heavy atom. The Labute approximate surface area is 143 Å². The minimum atomic E-state index is -0.419. The zero-order chi connectivity index (χ0) is 16.7. The zero-order valence-electron chi connectivity index (χ0n) is 12.8. The van der Waals surface area contributed by atoms with E-state index in [1.54, 1.807) is 12.1 Å². The zero-order valence-corrected chi connectivity index (χ0v) is 14.4. The summed E-state index contributed by atoms with van der Waals surface area (Å²) < 4.78 is 5.61. The van der Waals surface area contributed by atoms with Crippen LogP contribution >= 0.6 is 15.9 Å². The summed E-state index contributed by atoms with van der Waals surface area (Å²) in [5.41, 5.74) is 1.06. The van der Waals surface area contributed by atoms with Crippen LogP contribution in [0.5, 0.6) is 0 Å². The number of benzene rings is 1. The SMILES string of the molecule is CCCC(NC(=O)CNC(=O)c1ccc(Br)o1)c1ccccc1. The third-order valence-electron chi connectivity index (χ3n) is 3.32. The van der Waals surface area contributed by atoms with Gasteiger partial charge < -0.3 is 15.1 Å². The number of rotatable bonds is 7. The molecule has 6 heteroatoms. The molecule has 122 valence electrons. The molecule has 1 atom stereocenters. The molecule has 0 aliphatic rings. The Balaban J connectivity index is 1.88. The lowest BCUT2D eigenvalue weighted by Gasteiger charge is -2.18. The first-order valence-corrected chi connectivity index (χ1v) is 8.27. The molecule has 1 heterocycles. The summed E-state index contributed by atoms with van der Waals surface area (Å²) in [6.07, 6.45) is 1.79. The molecule has 2 N–H and O–H groups in total. The Kier molecular flexibility index (Phi) is 6.40. The first-order chi connectivity index (χ1) is 11.1. The number of nitrogens with one attached hydrogen (secondary N) is 2. The predicted molar refractivity (Wildman–Crippen MR) is 91.0 cm³/mol. The van der Waals surface area contributed by atoms with Crippen LogP contribution in [0.2, 0.25) is 0 Å². The van der Waals surface area contributed by atoms with Crippen LogP contribution in [-0.2, 0) is 4.79 Å². The number of carbonyl (C=O) groups excluding carboxylic acids is 2. The maximum Gasteiger partial charge on any atom is 0.287 e. The van der Waals surface area contributed by atoms with Crippen LogP contribution in [0.3, 0.4) is 0 Å². The second-order valence-corrected chi connectivity index (χ2v) is 5.89. The Morgan fingerprint density at radius 3 is 2.52 bits per heavy atom. The fraction of sp³-hybridized carbons (Fsp3) is 0.294. The average Bonchev–Trinajstić information content (AvgIpc) is 2.99. The predicted octanol–water partition coefficient (Wildman–Crippen LogP) is 3.43. The topological polar surface area (TPSA) is 71.3 Å². The minimum absolute atomic E-state index is 0.0524. The van der Waals surface area contributed by atoms with Gasteiger partial charge >= 0.3 is 0 Å². The first-order valence-electron chi connectivity index (χ1n) is 7.48. The fourth-order valence-electron chi connectivity index (χ4n) is 2.23. The fourth-order valence-corrected chi connectivity index (χ4v) is 2.53. The second-order valence-electron chi connectivity index (χ2n) is 5.11. The van der Waals surface area contributed by atoms with Crippen molar-refractivity contribution in [2.45, 2.75) is 25.8 Å². The Morgan fingerprint density at radius 2 is 1.91 bits per heavy atom. The van der Waals surface area contributed by atoms with E-state index in [1.807, 2.05) is 30.3 Å². The number of hydrogen-bond acceptors (Lipinski definition) is 3. The smallest absolute Gasteiger partial charge is 0.287 e. The molecule has 1 aromatic carbocycles. The number of carbonyl (C=O) groups is 2. The number of hydrogen-bond donors (Lipinski definition) is 2. The Bertz CT molecular complexity index is 655. The van der Waals surface area contributed by atoms with E-state index in [-0.39, 0.29) is 24.3 Å². The molecule has 23 heavy (non-hydrogen) atoms. The van der Waals surface area contributed by atoms with Crippen LogP contribution in [0.1, 0.15) is 41.9 Å². The molecule has 0 aliphatic heterocycles. The summed E-state index contributed by atoms with van der Waals surface area (Å²) in [5, 5.41) is 5.50. The van der Waals surface area contributed by atoms with E-state index in [0.29, 0.717) is 4.67 Å². The van der Waals surface area contributed by atoms with Crippen molar-refractivity contribution in [1.29, 1.82) is 0 Å². The monoisotopic (exact) mass is 378 g/mol. The van der Waals surface area contributed by atoms with Gasteiger partial charge in [-0.1, -0.05) is 43.7 Å². The third-order valence-corrected chi connectivity index (χ3v) is 3.75. The van der Waals surface area contributed by atoms with Crippen LogP contribution in [0.25, 0.3) is 0 Å². The van der Waals surface area contributed by atoms with Crippen molar-refractivity contribution in [2.24, 2.45) is 0 Å². The van der Waals surface area contributed by atoms with E-state index in [1.165, 1.54) is 0 Å². The van der Waals surface area contributed by atoms with Gasteiger partial charge in [0.1, 0.15) is 0 Å². The van der Waals surface area contributed by atoms with E-state index in [9.17, 15) is 9.59 Å². The van der Waals surface area contributed by atoms with Crippen molar-refractivity contribution in [2.75, 3.05) is 6.54 Å². The molecule has 2 rings (SSSR count). The molecule has 2 aromatic rings. The molecule has 5 nitrogen and oxygen atoms in total. The van der Waals surface area contributed by atoms with Gasteiger partial charge in [-0.3, -0.25) is 9.59 Å². The first kappa shape index (κ1) is 17.3. The summed E-state index contributed by atoms with van der Waals surface area (Å²) in [6.45, 7) is 1.98. The van der Waals surface area contributed by atoms with Gasteiger partial charge in [-0.15, -0.1) is 0 Å². The molecule has 0 bridgehead atoms. The van der Waals surface area contributed by atoms with Gasteiger partial charge in [-0.25, -0.2) is 0 Å². The highest BCUT2D eigenvalue weighted by atomic mass is 79.9. The van der Waals surface area contributed by atoms with Gasteiger partial charge in [0.2, 0.25) is 5.91 Å². The normalized spacial score (nSPS) is 11.7. The van der Waals surface area contributed by atoms with Crippen molar-refractivity contribution in [3.63, 3.8) is 0 Å². The second kappa shape index (κ2) is 8.53. The molecule has 0 radical (unpaired) electrons. The van der Waals surface area contributed by atoms with Gasteiger partial charge in [0.05, 0.1) is 12.6 Å². The minimum Gasteiger partial charge on any atom is -0.444 e. The van der Waals surface area contributed by atoms with Gasteiger partial charge in [0.25, 0.3) is 5.91 Å². The lowest BCUT2D eigenvalue weighted by Crippen LogP contribution is -2.38. The van der Waals surface area contributed by atoms with Gasteiger partial charge in [-0.2, -0.15) is 0 Å². The van der Waals surface area contributed by atoms with Crippen LogP contribution in [-0.4, -0.2) is 18.4 Å². The molecule has 0 fully saturated rings. The Hall–Kier alpha value is -2.08. The van der Waals surface area contributed by atoms with E-state index in [2.05, 4.69) is 33.5 Å². The molecule has 0 spiro atoms. The number of amides is 2. The number of halogens is 1. The lowest BCUT2D eigenvalue weighted by atomic mass is 10.0. The van der Waals surface area contributed by atoms with E-state index < -0.39 is 5.91 Å². The van der Waals surface area contributed by atoms with E-state index in [4.69, 9.17) is 4.42 Å². The molecule has 2 amide bonds. The van der Waals surface area contributed by atoms with Crippen LogP contribution in [0, 0.1) is 0 Å². The molecule has 1 aromatic heterocycles. The van der Waals surface area contributed by atoms with Gasteiger partial charge in [-0.05, 0) is 40.0 Å². The highest BCUT2D eigenvalue weighted by molar-refractivity contribution is 9.10. The quantitative estimate of drug-likeness (QED) is 0.774. The summed E-state index contributed by atoms with van der Waals surface area (Å²) >= 11 is 3.13. The molecular formula is C17H19BrN2O3. The maximum absolute atomic E-state index is 12.1.